The molecule has 1 amide bonds. The van der Waals surface area contributed by atoms with E-state index in [2.05, 4.69) is 40.5 Å². The average molecular weight is 388 g/mol. The van der Waals surface area contributed by atoms with Gasteiger partial charge in [0.2, 0.25) is 6.04 Å². The van der Waals surface area contributed by atoms with Gasteiger partial charge in [0.1, 0.15) is 0 Å². The minimum absolute atomic E-state index is 0.0423. The van der Waals surface area contributed by atoms with Crippen molar-refractivity contribution in [3.05, 3.63) is 79.1 Å². The first-order valence-electron chi connectivity index (χ1n) is 10.0. The predicted molar refractivity (Wildman–Crippen MR) is 115 cm³/mol. The van der Waals surface area contributed by atoms with Gasteiger partial charge in [-0.15, -0.1) is 0 Å². The summed E-state index contributed by atoms with van der Waals surface area (Å²) in [4.78, 5) is 15.1. The Balaban J connectivity index is 1.43. The molecular formula is C24H26N3O2+. The third-order valence-corrected chi connectivity index (χ3v) is 5.27. The number of benzene rings is 2. The first kappa shape index (κ1) is 19.2. The van der Waals surface area contributed by atoms with Gasteiger partial charge in [0.25, 0.3) is 5.91 Å². The number of carbonyl (C=O) groups excluding carboxylic acids is 1. The van der Waals surface area contributed by atoms with Crippen LogP contribution >= 0.6 is 0 Å². The van der Waals surface area contributed by atoms with Crippen molar-refractivity contribution in [1.82, 2.24) is 0 Å². The summed E-state index contributed by atoms with van der Waals surface area (Å²) in [6.45, 7) is 5.23. The molecule has 1 atom stereocenters. The van der Waals surface area contributed by atoms with Crippen LogP contribution in [0.2, 0.25) is 0 Å². The summed E-state index contributed by atoms with van der Waals surface area (Å²) >= 11 is 0. The van der Waals surface area contributed by atoms with E-state index in [-0.39, 0.29) is 11.9 Å². The molecule has 1 aliphatic heterocycles. The van der Waals surface area contributed by atoms with Gasteiger partial charge in [-0.25, -0.2) is 0 Å². The molecule has 1 aromatic heterocycles. The molecule has 1 saturated heterocycles. The highest BCUT2D eigenvalue weighted by Crippen LogP contribution is 2.20. The first-order chi connectivity index (χ1) is 14.2. The zero-order valence-corrected chi connectivity index (χ0v) is 16.6. The maximum atomic E-state index is 12.8. The molecule has 5 heteroatoms. The molecule has 0 spiro atoms. The van der Waals surface area contributed by atoms with E-state index in [0.717, 1.165) is 48.8 Å². The maximum Gasteiger partial charge on any atom is 0.293 e. The Labute approximate surface area is 171 Å². The Hall–Kier alpha value is -3.18. The van der Waals surface area contributed by atoms with Crippen LogP contribution < -0.4 is 14.8 Å². The van der Waals surface area contributed by atoms with Gasteiger partial charge in [-0.3, -0.25) is 4.79 Å². The van der Waals surface area contributed by atoms with Crippen LogP contribution in [0.1, 0.15) is 13.0 Å². The summed E-state index contributed by atoms with van der Waals surface area (Å²) < 4.78 is 7.35. The molecule has 3 aromatic rings. The van der Waals surface area contributed by atoms with Gasteiger partial charge >= 0.3 is 0 Å². The zero-order valence-electron chi connectivity index (χ0n) is 16.6. The van der Waals surface area contributed by atoms with E-state index in [0.29, 0.717) is 0 Å². The molecule has 5 nitrogen and oxygen atoms in total. The quantitative estimate of drug-likeness (QED) is 0.678. The molecular weight excluding hydrogens is 362 g/mol. The number of pyridine rings is 1. The number of aromatic nitrogens is 1. The molecule has 4 rings (SSSR count). The monoisotopic (exact) mass is 388 g/mol. The van der Waals surface area contributed by atoms with Gasteiger partial charge < -0.3 is 15.0 Å². The Kier molecular flexibility index (Phi) is 5.86. The minimum atomic E-state index is -0.322. The van der Waals surface area contributed by atoms with Crippen molar-refractivity contribution in [3.8, 4) is 11.1 Å². The first-order valence-corrected chi connectivity index (χ1v) is 10.0. The van der Waals surface area contributed by atoms with Crippen LogP contribution in [0.25, 0.3) is 11.1 Å². The largest absolute Gasteiger partial charge is 0.378 e. The van der Waals surface area contributed by atoms with Gasteiger partial charge in [0, 0.05) is 43.0 Å². The summed E-state index contributed by atoms with van der Waals surface area (Å²) in [5.41, 5.74) is 4.18. The highest BCUT2D eigenvalue weighted by Gasteiger charge is 2.22. The molecule has 29 heavy (non-hydrogen) atoms. The number of rotatable bonds is 5. The van der Waals surface area contributed by atoms with Crippen molar-refractivity contribution < 1.29 is 14.1 Å². The number of anilines is 2. The predicted octanol–water partition coefficient (Wildman–Crippen LogP) is 3.68. The molecule has 0 unspecified atom stereocenters. The Morgan fingerprint density at radius 2 is 1.66 bits per heavy atom. The van der Waals surface area contributed by atoms with Crippen molar-refractivity contribution in [2.24, 2.45) is 0 Å². The molecule has 0 bridgehead atoms. The van der Waals surface area contributed by atoms with Crippen molar-refractivity contribution >= 4 is 17.3 Å². The number of nitrogens with zero attached hydrogens (tertiary/aromatic N) is 2. The summed E-state index contributed by atoms with van der Waals surface area (Å²) in [6.07, 6.45) is 3.94. The van der Waals surface area contributed by atoms with E-state index in [4.69, 9.17) is 4.74 Å². The third-order valence-electron chi connectivity index (χ3n) is 5.27. The van der Waals surface area contributed by atoms with E-state index in [9.17, 15) is 4.79 Å². The average Bonchev–Trinajstić information content (AvgIpc) is 2.80. The fourth-order valence-corrected chi connectivity index (χ4v) is 3.49. The summed E-state index contributed by atoms with van der Waals surface area (Å²) in [6, 6.07) is 21.9. The van der Waals surface area contributed by atoms with E-state index in [1.54, 1.807) is 0 Å². The second-order valence-electron chi connectivity index (χ2n) is 7.22. The summed E-state index contributed by atoms with van der Waals surface area (Å²) in [7, 11) is 0. The topological polar surface area (TPSA) is 45.5 Å². The highest BCUT2D eigenvalue weighted by atomic mass is 16.5. The van der Waals surface area contributed by atoms with Crippen molar-refractivity contribution in [3.63, 3.8) is 0 Å². The van der Waals surface area contributed by atoms with Gasteiger partial charge in [-0.1, -0.05) is 30.3 Å². The van der Waals surface area contributed by atoms with Crippen LogP contribution in [0.4, 0.5) is 11.4 Å². The third kappa shape index (κ3) is 4.63. The zero-order chi connectivity index (χ0) is 20.1. The van der Waals surface area contributed by atoms with E-state index in [1.165, 1.54) is 0 Å². The molecule has 0 saturated carbocycles. The number of amides is 1. The minimum Gasteiger partial charge on any atom is -0.378 e. The van der Waals surface area contributed by atoms with Crippen LogP contribution in [-0.4, -0.2) is 32.2 Å². The number of ether oxygens (including phenoxy) is 1. The lowest BCUT2D eigenvalue weighted by Crippen LogP contribution is -2.44. The smallest absolute Gasteiger partial charge is 0.293 e. The van der Waals surface area contributed by atoms with Gasteiger partial charge in [0.15, 0.2) is 12.4 Å². The Bertz CT molecular complexity index is 951. The second-order valence-corrected chi connectivity index (χ2v) is 7.22. The van der Waals surface area contributed by atoms with Crippen molar-refractivity contribution in [1.29, 1.82) is 0 Å². The lowest BCUT2D eigenvalue weighted by molar-refractivity contribution is -0.705. The standard InChI is InChI=1S/C24H25N3O2/c1-19(27-13-5-8-21(18-27)20-6-3-2-4-7-20)24(28)25-22-9-11-23(12-10-22)26-14-16-29-17-15-26/h2-13,18-19H,14-17H2,1H3/p+1/t19-/m1/s1. The molecule has 1 aliphatic rings. The number of carbonyl (C=O) groups is 1. The lowest BCUT2D eigenvalue weighted by atomic mass is 10.1. The lowest BCUT2D eigenvalue weighted by Gasteiger charge is -2.28. The molecule has 2 heterocycles. The summed E-state index contributed by atoms with van der Waals surface area (Å²) in [5.74, 6) is -0.0423. The normalized spacial score (nSPS) is 15.0. The van der Waals surface area contributed by atoms with Gasteiger partial charge in [-0.2, -0.15) is 4.57 Å². The Morgan fingerprint density at radius 3 is 2.38 bits per heavy atom. The maximum absolute atomic E-state index is 12.8. The second kappa shape index (κ2) is 8.88. The highest BCUT2D eigenvalue weighted by molar-refractivity contribution is 5.92. The molecule has 2 aromatic carbocycles. The molecule has 148 valence electrons. The number of hydrogen-bond acceptors (Lipinski definition) is 3. The fourth-order valence-electron chi connectivity index (χ4n) is 3.49. The van der Waals surface area contributed by atoms with E-state index < -0.39 is 0 Å². The van der Waals surface area contributed by atoms with Crippen LogP contribution in [0, 0.1) is 0 Å². The SMILES string of the molecule is C[C@H](C(=O)Nc1ccc(N2CCOCC2)cc1)[n+]1cccc(-c2ccccc2)c1. The molecule has 1 N–H and O–H groups in total. The van der Waals surface area contributed by atoms with Crippen LogP contribution in [0.3, 0.4) is 0 Å². The number of hydrogen-bond donors (Lipinski definition) is 1. The van der Waals surface area contributed by atoms with Crippen LogP contribution in [0.5, 0.6) is 0 Å². The fraction of sp³-hybridized carbons (Fsp3) is 0.250. The van der Waals surface area contributed by atoms with E-state index in [1.807, 2.05) is 60.3 Å². The number of morpholine rings is 1. The Morgan fingerprint density at radius 1 is 0.966 bits per heavy atom. The molecule has 0 radical (unpaired) electrons. The van der Waals surface area contributed by atoms with Crippen molar-refractivity contribution in [2.75, 3.05) is 36.5 Å². The van der Waals surface area contributed by atoms with Gasteiger partial charge in [0.05, 0.1) is 13.2 Å². The van der Waals surface area contributed by atoms with E-state index >= 15 is 0 Å². The van der Waals surface area contributed by atoms with Crippen molar-refractivity contribution in [2.45, 2.75) is 13.0 Å². The van der Waals surface area contributed by atoms with Crippen LogP contribution in [-0.2, 0) is 9.53 Å². The van der Waals surface area contributed by atoms with Gasteiger partial charge in [-0.05, 0) is 35.9 Å². The number of nitrogens with one attached hydrogen (secondary N) is 1. The molecule has 1 fully saturated rings. The summed E-state index contributed by atoms with van der Waals surface area (Å²) in [5, 5.41) is 3.03. The van der Waals surface area contributed by atoms with Crippen LogP contribution in [0.15, 0.2) is 79.1 Å². The molecule has 0 aliphatic carbocycles.